The van der Waals surface area contributed by atoms with Gasteiger partial charge in [0, 0.05) is 0 Å². The number of aromatic nitrogens is 1. The lowest BCUT2D eigenvalue weighted by Gasteiger charge is -1.99. The van der Waals surface area contributed by atoms with Gasteiger partial charge < -0.3 is 0 Å². The molecular formula is C7H5BrN2OS. The molecule has 5 heteroatoms. The maximum atomic E-state index is 10.1. The third-order valence-corrected chi connectivity index (χ3v) is 3.53. The van der Waals surface area contributed by atoms with Crippen LogP contribution in [0.3, 0.4) is 0 Å². The molecule has 3 nitrogen and oxygen atoms in total. The van der Waals surface area contributed by atoms with Crippen LogP contribution in [0.4, 0.5) is 0 Å². The molecule has 1 aliphatic rings. The molecule has 0 N–H and O–H groups in total. The van der Waals surface area contributed by atoms with E-state index in [1.165, 1.54) is 11.3 Å². The molecule has 0 saturated heterocycles. The highest BCUT2D eigenvalue weighted by Gasteiger charge is 2.47. The highest BCUT2D eigenvalue weighted by Crippen LogP contribution is 2.50. The van der Waals surface area contributed by atoms with Crippen molar-refractivity contribution in [2.24, 2.45) is 4.99 Å². The summed E-state index contributed by atoms with van der Waals surface area (Å²) in [4.78, 5) is 18.1. The number of hydrogen-bond acceptors (Lipinski definition) is 4. The van der Waals surface area contributed by atoms with Gasteiger partial charge in [0.1, 0.15) is 10.5 Å². The predicted octanol–water partition coefficient (Wildman–Crippen LogP) is 2.23. The zero-order valence-electron chi connectivity index (χ0n) is 6.08. The van der Waals surface area contributed by atoms with Crippen LogP contribution < -0.4 is 0 Å². The minimum atomic E-state index is -0.307. The van der Waals surface area contributed by atoms with Gasteiger partial charge in [-0.25, -0.2) is 9.78 Å². The number of rotatable bonds is 2. The number of thiazole rings is 1. The first-order chi connectivity index (χ1) is 5.77. The zero-order chi connectivity index (χ0) is 8.60. The molecule has 1 aromatic heterocycles. The molecular weight excluding hydrogens is 240 g/mol. The van der Waals surface area contributed by atoms with Crippen molar-refractivity contribution in [3.63, 3.8) is 0 Å². The third-order valence-electron chi connectivity index (χ3n) is 1.86. The monoisotopic (exact) mass is 244 g/mol. The van der Waals surface area contributed by atoms with Crippen molar-refractivity contribution in [2.75, 3.05) is 0 Å². The molecule has 0 spiro atoms. The van der Waals surface area contributed by atoms with E-state index >= 15 is 0 Å². The van der Waals surface area contributed by atoms with Crippen LogP contribution >= 0.6 is 27.3 Å². The van der Waals surface area contributed by atoms with Crippen molar-refractivity contribution < 1.29 is 4.79 Å². The van der Waals surface area contributed by atoms with Crippen LogP contribution in [-0.2, 0) is 10.3 Å². The van der Waals surface area contributed by atoms with Gasteiger partial charge in [-0.2, -0.15) is 4.99 Å². The minimum absolute atomic E-state index is 0.307. The smallest absolute Gasteiger partial charge is 0.235 e. The molecule has 0 unspecified atom stereocenters. The van der Waals surface area contributed by atoms with E-state index in [4.69, 9.17) is 0 Å². The molecule has 1 heterocycles. The minimum Gasteiger partial charge on any atom is -0.246 e. The van der Waals surface area contributed by atoms with Crippen LogP contribution in [-0.4, -0.2) is 11.1 Å². The van der Waals surface area contributed by atoms with Crippen molar-refractivity contribution in [1.29, 1.82) is 0 Å². The second kappa shape index (κ2) is 2.76. The largest absolute Gasteiger partial charge is 0.246 e. The summed E-state index contributed by atoms with van der Waals surface area (Å²) >= 11 is 4.85. The Kier molecular flexibility index (Phi) is 1.87. The van der Waals surface area contributed by atoms with E-state index < -0.39 is 0 Å². The Morgan fingerprint density at radius 2 is 2.50 bits per heavy atom. The zero-order valence-corrected chi connectivity index (χ0v) is 8.48. The topological polar surface area (TPSA) is 42.3 Å². The summed E-state index contributed by atoms with van der Waals surface area (Å²) in [7, 11) is 0. The quantitative estimate of drug-likeness (QED) is 0.592. The van der Waals surface area contributed by atoms with Gasteiger partial charge in [0.05, 0.1) is 9.98 Å². The molecule has 2 rings (SSSR count). The Hall–Kier alpha value is -0.510. The van der Waals surface area contributed by atoms with Crippen LogP contribution in [0.5, 0.6) is 0 Å². The van der Waals surface area contributed by atoms with Crippen molar-refractivity contribution in [2.45, 2.75) is 18.4 Å². The standard InChI is InChI=1S/C7H5BrN2OS/c8-5-3-9-6(12-5)7(1-2-7)10-4-11/h3H,1-2H2. The SMILES string of the molecule is O=C=NC1(c2ncc(Br)s2)CC1. The van der Waals surface area contributed by atoms with Crippen molar-refractivity contribution >= 4 is 33.3 Å². The average molecular weight is 245 g/mol. The van der Waals surface area contributed by atoms with E-state index in [9.17, 15) is 4.79 Å². The van der Waals surface area contributed by atoms with Crippen LogP contribution in [0.25, 0.3) is 0 Å². The Balaban J connectivity index is 2.36. The summed E-state index contributed by atoms with van der Waals surface area (Å²) in [5.74, 6) is 0. The molecule has 0 amide bonds. The van der Waals surface area contributed by atoms with Crippen molar-refractivity contribution in [3.05, 3.63) is 15.0 Å². The second-order valence-corrected chi connectivity index (χ2v) is 5.11. The Morgan fingerprint density at radius 3 is 2.92 bits per heavy atom. The van der Waals surface area contributed by atoms with E-state index in [1.807, 2.05) is 0 Å². The highest BCUT2D eigenvalue weighted by atomic mass is 79.9. The van der Waals surface area contributed by atoms with Crippen molar-refractivity contribution in [1.82, 2.24) is 4.98 Å². The van der Waals surface area contributed by atoms with E-state index in [-0.39, 0.29) is 5.54 Å². The van der Waals surface area contributed by atoms with Gasteiger partial charge in [-0.15, -0.1) is 11.3 Å². The molecule has 1 aliphatic carbocycles. The van der Waals surface area contributed by atoms with Crippen molar-refractivity contribution in [3.8, 4) is 0 Å². The normalized spacial score (nSPS) is 18.4. The van der Waals surface area contributed by atoms with Gasteiger partial charge in [-0.1, -0.05) is 0 Å². The van der Waals surface area contributed by atoms with Gasteiger partial charge >= 0.3 is 0 Å². The Labute approximate surface area is 81.7 Å². The molecule has 12 heavy (non-hydrogen) atoms. The van der Waals surface area contributed by atoms with Gasteiger partial charge in [0.25, 0.3) is 0 Å². The lowest BCUT2D eigenvalue weighted by Crippen LogP contribution is -2.00. The van der Waals surface area contributed by atoms with Crippen LogP contribution in [0, 0.1) is 0 Å². The van der Waals surface area contributed by atoms with Gasteiger partial charge in [0.15, 0.2) is 0 Å². The van der Waals surface area contributed by atoms with E-state index in [0.29, 0.717) is 0 Å². The predicted molar refractivity (Wildman–Crippen MR) is 48.8 cm³/mol. The van der Waals surface area contributed by atoms with E-state index in [2.05, 4.69) is 25.9 Å². The number of halogens is 1. The summed E-state index contributed by atoms with van der Waals surface area (Å²) < 4.78 is 0.977. The van der Waals surface area contributed by atoms with E-state index in [1.54, 1.807) is 12.3 Å². The first kappa shape index (κ1) is 8.10. The lowest BCUT2D eigenvalue weighted by molar-refractivity contribution is 0.556. The molecule has 0 aliphatic heterocycles. The lowest BCUT2D eigenvalue weighted by atomic mass is 10.3. The number of isocyanates is 1. The summed E-state index contributed by atoms with van der Waals surface area (Å²) in [6, 6.07) is 0. The molecule has 0 bridgehead atoms. The summed E-state index contributed by atoms with van der Waals surface area (Å²) in [6.45, 7) is 0. The van der Waals surface area contributed by atoms with Gasteiger partial charge in [-0.3, -0.25) is 0 Å². The van der Waals surface area contributed by atoms with Gasteiger partial charge in [-0.05, 0) is 28.8 Å². The number of hydrogen-bond donors (Lipinski definition) is 0. The molecule has 1 fully saturated rings. The fraction of sp³-hybridized carbons (Fsp3) is 0.429. The Morgan fingerprint density at radius 1 is 1.75 bits per heavy atom. The Bertz CT molecular complexity index is 352. The number of nitrogens with zero attached hydrogens (tertiary/aromatic N) is 2. The van der Waals surface area contributed by atoms with Crippen LogP contribution in [0.15, 0.2) is 15.0 Å². The molecule has 0 atom stereocenters. The number of carbonyl (C=O) groups excluding carboxylic acids is 1. The fourth-order valence-electron chi connectivity index (χ4n) is 1.05. The maximum absolute atomic E-state index is 10.1. The van der Waals surface area contributed by atoms with E-state index in [0.717, 1.165) is 21.6 Å². The van der Waals surface area contributed by atoms with Crippen LogP contribution in [0.1, 0.15) is 17.8 Å². The fourth-order valence-corrected chi connectivity index (χ4v) is 2.45. The molecule has 1 aromatic rings. The molecule has 1 saturated carbocycles. The maximum Gasteiger partial charge on any atom is 0.235 e. The number of aliphatic imine (C=N–C) groups is 1. The molecule has 0 radical (unpaired) electrons. The summed E-state index contributed by atoms with van der Waals surface area (Å²) in [5.41, 5.74) is -0.307. The first-order valence-corrected chi connectivity index (χ1v) is 5.09. The highest BCUT2D eigenvalue weighted by molar-refractivity contribution is 9.11. The van der Waals surface area contributed by atoms with Crippen LogP contribution in [0.2, 0.25) is 0 Å². The first-order valence-electron chi connectivity index (χ1n) is 3.48. The summed E-state index contributed by atoms with van der Waals surface area (Å²) in [5, 5.41) is 0.915. The average Bonchev–Trinajstić information content (AvgIpc) is 2.69. The second-order valence-electron chi connectivity index (χ2n) is 2.70. The molecule has 0 aromatic carbocycles. The summed E-state index contributed by atoms with van der Waals surface area (Å²) in [6.07, 6.45) is 5.18. The molecule has 62 valence electrons. The van der Waals surface area contributed by atoms with Gasteiger partial charge in [0.2, 0.25) is 6.08 Å². The third kappa shape index (κ3) is 1.24.